The molecule has 3 aromatic rings. The largest absolute Gasteiger partial charge is 0.320 e. The number of carbonyl (C=O) groups excluding carboxylic acids is 1. The topological polar surface area (TPSA) is 84.3 Å². The maximum atomic E-state index is 13.1. The number of para-hydroxylation sites is 2. The molecular formula is C22H25ClN4O3S. The zero-order valence-corrected chi connectivity index (χ0v) is 19.5. The summed E-state index contributed by atoms with van der Waals surface area (Å²) in [5.74, 6) is -0.504. The molecule has 1 N–H and O–H groups in total. The Bertz CT molecular complexity index is 1220. The number of sulfonamides is 1. The molecule has 0 unspecified atom stereocenters. The SMILES string of the molecule is CCN(CC)S(=O)(=O)c1ccc(Cl)c(C(=O)Nc2ccccc2-n2nc(C)cc2C)c1. The van der Waals surface area contributed by atoms with Crippen molar-refractivity contribution in [3.63, 3.8) is 0 Å². The summed E-state index contributed by atoms with van der Waals surface area (Å²) < 4.78 is 28.8. The highest BCUT2D eigenvalue weighted by molar-refractivity contribution is 7.89. The van der Waals surface area contributed by atoms with Crippen molar-refractivity contribution in [2.24, 2.45) is 0 Å². The molecule has 0 aliphatic heterocycles. The number of hydrogen-bond donors (Lipinski definition) is 1. The quantitative estimate of drug-likeness (QED) is 0.565. The molecule has 0 saturated heterocycles. The van der Waals surface area contributed by atoms with Crippen molar-refractivity contribution < 1.29 is 13.2 Å². The van der Waals surface area contributed by atoms with Crippen LogP contribution in [0.5, 0.6) is 0 Å². The lowest BCUT2D eigenvalue weighted by Crippen LogP contribution is -2.30. The summed E-state index contributed by atoms with van der Waals surface area (Å²) in [5.41, 5.74) is 3.09. The molecule has 0 radical (unpaired) electrons. The minimum Gasteiger partial charge on any atom is -0.320 e. The fraction of sp³-hybridized carbons (Fsp3) is 0.273. The van der Waals surface area contributed by atoms with Gasteiger partial charge in [0.25, 0.3) is 5.91 Å². The van der Waals surface area contributed by atoms with Crippen LogP contribution in [0.2, 0.25) is 5.02 Å². The third-order valence-electron chi connectivity index (χ3n) is 4.92. The van der Waals surface area contributed by atoms with Gasteiger partial charge in [0.15, 0.2) is 0 Å². The third-order valence-corrected chi connectivity index (χ3v) is 7.29. The number of hydrogen-bond acceptors (Lipinski definition) is 4. The first-order valence-electron chi connectivity index (χ1n) is 9.92. The zero-order valence-electron chi connectivity index (χ0n) is 17.9. The second-order valence-electron chi connectivity index (χ2n) is 7.04. The first kappa shape index (κ1) is 23.0. The Morgan fingerprint density at radius 1 is 1.10 bits per heavy atom. The van der Waals surface area contributed by atoms with E-state index in [4.69, 9.17) is 11.6 Å². The molecule has 0 aliphatic carbocycles. The van der Waals surface area contributed by atoms with Crippen LogP contribution in [-0.4, -0.2) is 41.5 Å². The van der Waals surface area contributed by atoms with Crippen LogP contribution in [0.4, 0.5) is 5.69 Å². The van der Waals surface area contributed by atoms with E-state index in [0.29, 0.717) is 24.5 Å². The molecule has 0 bridgehead atoms. The number of amides is 1. The molecule has 0 aliphatic rings. The van der Waals surface area contributed by atoms with E-state index in [1.807, 2.05) is 32.0 Å². The number of carbonyl (C=O) groups is 1. The lowest BCUT2D eigenvalue weighted by molar-refractivity contribution is 0.102. The van der Waals surface area contributed by atoms with Gasteiger partial charge in [0.1, 0.15) is 0 Å². The van der Waals surface area contributed by atoms with Gasteiger partial charge in [0.2, 0.25) is 10.0 Å². The van der Waals surface area contributed by atoms with E-state index in [2.05, 4.69) is 10.4 Å². The van der Waals surface area contributed by atoms with Crippen LogP contribution in [0, 0.1) is 13.8 Å². The summed E-state index contributed by atoms with van der Waals surface area (Å²) >= 11 is 6.25. The van der Waals surface area contributed by atoms with E-state index in [0.717, 1.165) is 11.4 Å². The summed E-state index contributed by atoms with van der Waals surface area (Å²) in [4.78, 5) is 13.1. The Labute approximate surface area is 187 Å². The summed E-state index contributed by atoms with van der Waals surface area (Å²) in [5, 5.41) is 7.49. The molecule has 0 atom stereocenters. The molecule has 9 heteroatoms. The van der Waals surface area contributed by atoms with Crippen LogP contribution >= 0.6 is 11.6 Å². The van der Waals surface area contributed by atoms with Crippen molar-refractivity contribution >= 4 is 33.2 Å². The second kappa shape index (κ2) is 9.21. The van der Waals surface area contributed by atoms with Gasteiger partial charge in [-0.1, -0.05) is 37.6 Å². The minimum atomic E-state index is -3.72. The van der Waals surface area contributed by atoms with Crippen molar-refractivity contribution in [1.29, 1.82) is 0 Å². The number of halogens is 1. The number of nitrogens with zero attached hydrogens (tertiary/aromatic N) is 3. The standard InChI is InChI=1S/C22H25ClN4O3S/c1-5-26(6-2)31(29,30)17-11-12-19(23)18(14-17)22(28)24-20-9-7-8-10-21(20)27-16(4)13-15(3)25-27/h7-14H,5-6H2,1-4H3,(H,24,28). The minimum absolute atomic E-state index is 0.0255. The van der Waals surface area contributed by atoms with Crippen LogP contribution in [-0.2, 0) is 10.0 Å². The normalized spacial score (nSPS) is 11.7. The Morgan fingerprint density at radius 3 is 2.39 bits per heavy atom. The van der Waals surface area contributed by atoms with Gasteiger partial charge in [0, 0.05) is 18.8 Å². The fourth-order valence-corrected chi connectivity index (χ4v) is 5.07. The van der Waals surface area contributed by atoms with E-state index in [1.54, 1.807) is 30.7 Å². The molecule has 31 heavy (non-hydrogen) atoms. The van der Waals surface area contributed by atoms with Crippen LogP contribution < -0.4 is 5.32 Å². The predicted molar refractivity (Wildman–Crippen MR) is 123 cm³/mol. The zero-order chi connectivity index (χ0) is 22.8. The van der Waals surface area contributed by atoms with Gasteiger partial charge >= 0.3 is 0 Å². The number of benzene rings is 2. The van der Waals surface area contributed by atoms with E-state index in [9.17, 15) is 13.2 Å². The molecule has 1 aromatic heterocycles. The number of rotatable bonds is 7. The summed E-state index contributed by atoms with van der Waals surface area (Å²) in [6, 6.07) is 13.4. The average Bonchev–Trinajstić information content (AvgIpc) is 3.07. The van der Waals surface area contributed by atoms with Crippen molar-refractivity contribution in [2.45, 2.75) is 32.6 Å². The summed E-state index contributed by atoms with van der Waals surface area (Å²) in [7, 11) is -3.72. The first-order chi connectivity index (χ1) is 14.7. The van der Waals surface area contributed by atoms with Gasteiger partial charge in [-0.25, -0.2) is 13.1 Å². The molecule has 0 fully saturated rings. The second-order valence-corrected chi connectivity index (χ2v) is 9.39. The molecule has 164 valence electrons. The highest BCUT2D eigenvalue weighted by Crippen LogP contribution is 2.26. The van der Waals surface area contributed by atoms with E-state index in [1.165, 1.54) is 22.5 Å². The van der Waals surface area contributed by atoms with E-state index >= 15 is 0 Å². The number of aromatic nitrogens is 2. The van der Waals surface area contributed by atoms with Crippen LogP contribution in [0.1, 0.15) is 35.6 Å². The van der Waals surface area contributed by atoms with Gasteiger partial charge in [-0.2, -0.15) is 9.40 Å². The number of aryl methyl sites for hydroxylation is 2. The lowest BCUT2D eigenvalue weighted by Gasteiger charge is -2.19. The van der Waals surface area contributed by atoms with Crippen molar-refractivity contribution in [3.05, 3.63) is 70.5 Å². The Morgan fingerprint density at radius 2 is 1.77 bits per heavy atom. The molecule has 2 aromatic carbocycles. The Kier molecular flexibility index (Phi) is 6.83. The highest BCUT2D eigenvalue weighted by atomic mass is 35.5. The average molecular weight is 461 g/mol. The first-order valence-corrected chi connectivity index (χ1v) is 11.7. The van der Waals surface area contributed by atoms with E-state index in [-0.39, 0.29) is 15.5 Å². The molecule has 7 nitrogen and oxygen atoms in total. The lowest BCUT2D eigenvalue weighted by atomic mass is 10.2. The highest BCUT2D eigenvalue weighted by Gasteiger charge is 2.24. The molecular weight excluding hydrogens is 436 g/mol. The Hall–Kier alpha value is -2.68. The fourth-order valence-electron chi connectivity index (χ4n) is 3.38. The van der Waals surface area contributed by atoms with Crippen LogP contribution in [0.25, 0.3) is 5.69 Å². The molecule has 1 heterocycles. The monoisotopic (exact) mass is 460 g/mol. The van der Waals surface area contributed by atoms with Crippen LogP contribution in [0.15, 0.2) is 53.4 Å². The summed E-state index contributed by atoms with van der Waals surface area (Å²) in [6.07, 6.45) is 0. The van der Waals surface area contributed by atoms with Gasteiger partial charge in [-0.15, -0.1) is 0 Å². The third kappa shape index (κ3) is 4.66. The van der Waals surface area contributed by atoms with Gasteiger partial charge in [-0.05, 0) is 50.2 Å². The smallest absolute Gasteiger partial charge is 0.257 e. The van der Waals surface area contributed by atoms with Gasteiger partial charge < -0.3 is 5.32 Å². The van der Waals surface area contributed by atoms with E-state index < -0.39 is 15.9 Å². The maximum Gasteiger partial charge on any atom is 0.257 e. The molecule has 3 rings (SSSR count). The summed E-state index contributed by atoms with van der Waals surface area (Å²) in [6.45, 7) is 8.02. The number of anilines is 1. The van der Waals surface area contributed by atoms with Crippen molar-refractivity contribution in [2.75, 3.05) is 18.4 Å². The molecule has 0 spiro atoms. The van der Waals surface area contributed by atoms with Crippen LogP contribution in [0.3, 0.4) is 0 Å². The van der Waals surface area contributed by atoms with Crippen molar-refractivity contribution in [3.8, 4) is 5.69 Å². The van der Waals surface area contributed by atoms with Gasteiger partial charge in [-0.3, -0.25) is 4.79 Å². The Balaban J connectivity index is 1.98. The predicted octanol–water partition coefficient (Wildman–Crippen LogP) is 4.43. The number of nitrogens with one attached hydrogen (secondary N) is 1. The maximum absolute atomic E-state index is 13.1. The molecule has 0 saturated carbocycles. The molecule has 1 amide bonds. The van der Waals surface area contributed by atoms with Crippen molar-refractivity contribution in [1.82, 2.24) is 14.1 Å². The van der Waals surface area contributed by atoms with Gasteiger partial charge in [0.05, 0.1) is 32.6 Å².